The predicted octanol–water partition coefficient (Wildman–Crippen LogP) is 24.0. The van der Waals surface area contributed by atoms with Gasteiger partial charge in [-0.1, -0.05) is 375 Å². The van der Waals surface area contributed by atoms with E-state index in [2.05, 4.69) is 34.6 Å². The number of rotatable bonds is 80. The number of aliphatic hydroxyl groups is 1. The Morgan fingerprint density at radius 3 is 0.717 bits per heavy atom. The SMILES string of the molecule is CCCCCCCCCCCCCCCCCCCC(=O)O[C@H](COC(=O)CCCCCCCCCCCCCCCCCC)COP(=O)(O)OC[C@@H](O)COP(=O)(O)OC[C@@H](COC(=O)CCCCCCCCC(C)CC)OC(=O)CCCCCCCCCCCCCCCCCC. The molecule has 3 unspecified atom stereocenters. The first-order valence-electron chi connectivity index (χ1n) is 41.7. The second kappa shape index (κ2) is 73.0. The van der Waals surface area contributed by atoms with E-state index in [0.717, 1.165) is 102 Å². The summed E-state index contributed by atoms with van der Waals surface area (Å²) < 4.78 is 68.7. The topological polar surface area (TPSA) is 237 Å². The van der Waals surface area contributed by atoms with Gasteiger partial charge in [0, 0.05) is 25.7 Å². The van der Waals surface area contributed by atoms with Gasteiger partial charge in [0.1, 0.15) is 19.3 Å². The van der Waals surface area contributed by atoms with Gasteiger partial charge >= 0.3 is 39.5 Å². The molecule has 17 nitrogen and oxygen atoms in total. The number of unbranched alkanes of at least 4 members (excludes halogenated alkanes) is 51. The minimum absolute atomic E-state index is 0.108. The summed E-state index contributed by atoms with van der Waals surface area (Å²) in [5, 5.41) is 10.6. The van der Waals surface area contributed by atoms with Crippen LogP contribution in [-0.4, -0.2) is 96.7 Å². The summed E-state index contributed by atoms with van der Waals surface area (Å²) in [6.45, 7) is 7.30. The highest BCUT2D eigenvalue weighted by molar-refractivity contribution is 7.47. The Bertz CT molecular complexity index is 1890. The molecule has 0 aromatic rings. The molecule has 19 heteroatoms. The third-order valence-electron chi connectivity index (χ3n) is 19.1. The van der Waals surface area contributed by atoms with Crippen LogP contribution in [0.5, 0.6) is 0 Å². The van der Waals surface area contributed by atoms with Crippen molar-refractivity contribution in [2.75, 3.05) is 39.6 Å². The Hall–Kier alpha value is -1.94. The van der Waals surface area contributed by atoms with Gasteiger partial charge in [-0.05, 0) is 31.6 Å². The number of phosphoric ester groups is 2. The zero-order valence-electron chi connectivity index (χ0n) is 64.6. The van der Waals surface area contributed by atoms with Crippen molar-refractivity contribution in [2.24, 2.45) is 5.92 Å². The quantitative estimate of drug-likeness (QED) is 0.0222. The van der Waals surface area contributed by atoms with Crippen molar-refractivity contribution >= 4 is 39.5 Å². The lowest BCUT2D eigenvalue weighted by atomic mass is 10.00. The predicted molar refractivity (Wildman–Crippen MR) is 405 cm³/mol. The van der Waals surface area contributed by atoms with E-state index in [1.165, 1.54) is 244 Å². The molecule has 0 saturated carbocycles. The minimum Gasteiger partial charge on any atom is -0.462 e. The third-order valence-corrected chi connectivity index (χ3v) is 21.0. The number of aliphatic hydroxyl groups excluding tert-OH is 1. The number of phosphoric acid groups is 2. The second-order valence-corrected chi connectivity index (χ2v) is 32.0. The van der Waals surface area contributed by atoms with Gasteiger partial charge in [0.05, 0.1) is 26.4 Å². The van der Waals surface area contributed by atoms with Crippen molar-refractivity contribution < 1.29 is 80.2 Å². The molecule has 0 aromatic heterocycles. The van der Waals surface area contributed by atoms with Crippen LogP contribution in [0, 0.1) is 5.92 Å². The summed E-state index contributed by atoms with van der Waals surface area (Å²) in [6, 6.07) is 0. The van der Waals surface area contributed by atoms with Crippen LogP contribution >= 0.6 is 15.6 Å². The zero-order chi connectivity index (χ0) is 72.7. The molecule has 0 aliphatic heterocycles. The van der Waals surface area contributed by atoms with E-state index < -0.39 is 97.5 Å². The second-order valence-electron chi connectivity index (χ2n) is 29.1. The average molecular weight is 1450 g/mol. The monoisotopic (exact) mass is 1450 g/mol. The standard InChI is InChI=1S/C80H156O17P2/c1-6-10-13-16-19-22-25-28-31-34-37-40-43-46-49-56-61-65-79(84)96-75(69-90-77(82)63-58-53-47-44-41-38-35-32-29-26-23-20-17-14-11-7-2)71-94-98(86,87)92-67-74(81)68-93-99(88,89)95-72-76(70-91-78(83)64-59-54-51-50-52-57-62-73(5)9-4)97-80(85)66-60-55-48-45-42-39-36-33-30-27-24-21-18-15-12-8-3/h73-76,81H,6-72H2,1-5H3,(H,86,87)(H,88,89)/t73?,74-,75-,76-/m1/s1. The van der Waals surface area contributed by atoms with Gasteiger partial charge in [-0.15, -0.1) is 0 Å². The summed E-state index contributed by atoms with van der Waals surface area (Å²) >= 11 is 0. The lowest BCUT2D eigenvalue weighted by molar-refractivity contribution is -0.161. The molecule has 3 N–H and O–H groups in total. The van der Waals surface area contributed by atoms with Crippen molar-refractivity contribution in [2.45, 2.75) is 445 Å². The number of esters is 4. The number of hydrogen-bond acceptors (Lipinski definition) is 15. The normalized spacial score (nSPS) is 14.1. The zero-order valence-corrected chi connectivity index (χ0v) is 66.4. The molecule has 0 bridgehead atoms. The molecule has 0 saturated heterocycles. The Labute approximate surface area is 607 Å². The van der Waals surface area contributed by atoms with E-state index in [1.54, 1.807) is 0 Å². The Morgan fingerprint density at radius 1 is 0.283 bits per heavy atom. The molecule has 0 amide bonds. The van der Waals surface area contributed by atoms with E-state index in [4.69, 9.17) is 37.0 Å². The minimum atomic E-state index is -4.96. The van der Waals surface area contributed by atoms with Crippen molar-refractivity contribution in [1.82, 2.24) is 0 Å². The van der Waals surface area contributed by atoms with Gasteiger partial charge in [-0.3, -0.25) is 37.3 Å². The van der Waals surface area contributed by atoms with E-state index in [-0.39, 0.29) is 25.7 Å². The molecule has 0 heterocycles. The number of carbonyl (C=O) groups excluding carboxylic acids is 4. The lowest BCUT2D eigenvalue weighted by Crippen LogP contribution is -2.30. The van der Waals surface area contributed by atoms with Crippen LogP contribution in [0.2, 0.25) is 0 Å². The van der Waals surface area contributed by atoms with Crippen LogP contribution in [0.3, 0.4) is 0 Å². The smallest absolute Gasteiger partial charge is 0.462 e. The van der Waals surface area contributed by atoms with Gasteiger partial charge in [-0.25, -0.2) is 9.13 Å². The highest BCUT2D eigenvalue weighted by atomic mass is 31.2. The molecular weight excluding hydrogens is 1290 g/mol. The molecule has 0 aliphatic carbocycles. The van der Waals surface area contributed by atoms with E-state index in [1.807, 2.05) is 0 Å². The molecule has 0 rings (SSSR count). The maximum absolute atomic E-state index is 13.1. The first-order valence-corrected chi connectivity index (χ1v) is 44.7. The maximum atomic E-state index is 13.1. The highest BCUT2D eigenvalue weighted by Crippen LogP contribution is 2.45. The molecule has 99 heavy (non-hydrogen) atoms. The lowest BCUT2D eigenvalue weighted by Gasteiger charge is -2.21. The van der Waals surface area contributed by atoms with Gasteiger partial charge in [0.2, 0.25) is 0 Å². The van der Waals surface area contributed by atoms with Crippen molar-refractivity contribution in [1.29, 1.82) is 0 Å². The average Bonchev–Trinajstić information content (AvgIpc) is 1.09. The van der Waals surface area contributed by atoms with Crippen LogP contribution in [0.15, 0.2) is 0 Å². The first-order chi connectivity index (χ1) is 48.1. The molecule has 6 atom stereocenters. The van der Waals surface area contributed by atoms with Gasteiger partial charge in [0.25, 0.3) is 0 Å². The molecule has 0 fully saturated rings. The number of hydrogen-bond donors (Lipinski definition) is 3. The molecule has 0 radical (unpaired) electrons. The third kappa shape index (κ3) is 72.8. The van der Waals surface area contributed by atoms with E-state index in [0.29, 0.717) is 25.7 Å². The van der Waals surface area contributed by atoms with E-state index >= 15 is 0 Å². The fourth-order valence-electron chi connectivity index (χ4n) is 12.4. The summed E-state index contributed by atoms with van der Waals surface area (Å²) in [6.07, 6.45) is 63.8. The molecular formula is C80H156O17P2. The Balaban J connectivity index is 5.24. The summed E-state index contributed by atoms with van der Waals surface area (Å²) in [5.41, 5.74) is 0. The van der Waals surface area contributed by atoms with Gasteiger partial charge < -0.3 is 33.8 Å². The van der Waals surface area contributed by atoms with Crippen LogP contribution < -0.4 is 0 Å². The largest absolute Gasteiger partial charge is 0.472 e. The molecule has 0 aromatic carbocycles. The van der Waals surface area contributed by atoms with Crippen LogP contribution in [-0.2, 0) is 65.4 Å². The van der Waals surface area contributed by atoms with Crippen molar-refractivity contribution in [3.05, 3.63) is 0 Å². The van der Waals surface area contributed by atoms with Crippen LogP contribution in [0.1, 0.15) is 426 Å². The molecule has 0 aliphatic rings. The van der Waals surface area contributed by atoms with Crippen LogP contribution in [0.4, 0.5) is 0 Å². The summed E-state index contributed by atoms with van der Waals surface area (Å²) in [7, 11) is -9.92. The number of ether oxygens (including phenoxy) is 4. The fourth-order valence-corrected chi connectivity index (χ4v) is 14.0. The fraction of sp³-hybridized carbons (Fsp3) is 0.950. The van der Waals surface area contributed by atoms with Crippen LogP contribution in [0.25, 0.3) is 0 Å². The van der Waals surface area contributed by atoms with Gasteiger partial charge in [0.15, 0.2) is 12.2 Å². The first kappa shape index (κ1) is 97.1. The van der Waals surface area contributed by atoms with Gasteiger partial charge in [-0.2, -0.15) is 0 Å². The molecule has 588 valence electrons. The number of carbonyl (C=O) groups is 4. The summed E-state index contributed by atoms with van der Waals surface area (Å²) in [4.78, 5) is 73.0. The molecule has 0 spiro atoms. The van der Waals surface area contributed by atoms with E-state index in [9.17, 15) is 43.2 Å². The summed E-state index contributed by atoms with van der Waals surface area (Å²) in [5.74, 6) is -1.38. The Morgan fingerprint density at radius 2 is 0.485 bits per heavy atom. The van der Waals surface area contributed by atoms with Crippen molar-refractivity contribution in [3.8, 4) is 0 Å². The Kier molecular flexibility index (Phi) is 71.6. The van der Waals surface area contributed by atoms with Crippen molar-refractivity contribution in [3.63, 3.8) is 0 Å². The maximum Gasteiger partial charge on any atom is 0.472 e. The highest BCUT2D eigenvalue weighted by Gasteiger charge is 2.30.